The lowest BCUT2D eigenvalue weighted by Gasteiger charge is -2.34. The number of halogens is 1. The van der Waals surface area contributed by atoms with Crippen molar-refractivity contribution in [3.05, 3.63) is 28.2 Å². The van der Waals surface area contributed by atoms with Crippen LogP contribution < -0.4 is 4.90 Å². The number of aliphatic carboxylic acids is 1. The van der Waals surface area contributed by atoms with Gasteiger partial charge in [0.25, 0.3) is 0 Å². The van der Waals surface area contributed by atoms with Crippen molar-refractivity contribution < 1.29 is 9.90 Å². The number of carbonyl (C=O) groups is 1. The molecule has 1 aromatic carbocycles. The molecule has 0 aliphatic heterocycles. The van der Waals surface area contributed by atoms with Gasteiger partial charge in [-0.2, -0.15) is 0 Å². The number of anilines is 1. The Balaban J connectivity index is 2.43. The Labute approximate surface area is 122 Å². The van der Waals surface area contributed by atoms with Crippen LogP contribution in [0, 0.1) is 0 Å². The van der Waals surface area contributed by atoms with Crippen LogP contribution in [-0.2, 0) is 10.2 Å². The first kappa shape index (κ1) is 14.4. The molecule has 0 aromatic heterocycles. The number of carboxylic acid groups (broad SMARTS) is 1. The molecular formula is C15H20BrNO2. The lowest BCUT2D eigenvalue weighted by Crippen LogP contribution is -2.37. The molecule has 0 atom stereocenters. The van der Waals surface area contributed by atoms with Crippen molar-refractivity contribution in [2.24, 2.45) is 0 Å². The summed E-state index contributed by atoms with van der Waals surface area (Å²) in [6, 6.07) is 5.95. The van der Waals surface area contributed by atoms with E-state index in [9.17, 15) is 9.90 Å². The molecule has 0 radical (unpaired) electrons. The molecule has 0 heterocycles. The van der Waals surface area contributed by atoms with Gasteiger partial charge in [-0.1, -0.05) is 25.3 Å². The van der Waals surface area contributed by atoms with Crippen molar-refractivity contribution in [1.29, 1.82) is 0 Å². The van der Waals surface area contributed by atoms with Gasteiger partial charge < -0.3 is 10.0 Å². The molecule has 0 spiro atoms. The zero-order valence-corrected chi connectivity index (χ0v) is 13.0. The van der Waals surface area contributed by atoms with Gasteiger partial charge in [-0.3, -0.25) is 4.79 Å². The van der Waals surface area contributed by atoms with E-state index in [1.807, 2.05) is 37.2 Å². The fourth-order valence-electron chi connectivity index (χ4n) is 2.95. The highest BCUT2D eigenvalue weighted by Gasteiger charge is 2.41. The van der Waals surface area contributed by atoms with Crippen LogP contribution in [0.15, 0.2) is 22.7 Å². The molecule has 0 unspecified atom stereocenters. The van der Waals surface area contributed by atoms with E-state index in [1.54, 1.807) is 0 Å². The highest BCUT2D eigenvalue weighted by atomic mass is 79.9. The Kier molecular flexibility index (Phi) is 4.19. The first-order valence-corrected chi connectivity index (χ1v) is 7.47. The van der Waals surface area contributed by atoms with E-state index in [4.69, 9.17) is 0 Å². The third-order valence-corrected chi connectivity index (χ3v) is 4.73. The standard InChI is InChI=1S/C15H20BrNO2/c1-17(2)13-7-6-11(10-12(13)16)15(14(18)19)8-4-3-5-9-15/h6-7,10H,3-5,8-9H2,1-2H3,(H,18,19). The molecule has 2 rings (SSSR count). The number of nitrogens with zero attached hydrogens (tertiary/aromatic N) is 1. The van der Waals surface area contributed by atoms with Gasteiger partial charge in [-0.15, -0.1) is 0 Å². The average molecular weight is 326 g/mol. The minimum atomic E-state index is -0.689. The van der Waals surface area contributed by atoms with Gasteiger partial charge in [0.15, 0.2) is 0 Å². The topological polar surface area (TPSA) is 40.5 Å². The molecular weight excluding hydrogens is 306 g/mol. The minimum Gasteiger partial charge on any atom is -0.481 e. The Morgan fingerprint density at radius 2 is 1.89 bits per heavy atom. The molecule has 4 heteroatoms. The molecule has 1 N–H and O–H groups in total. The maximum atomic E-state index is 11.8. The summed E-state index contributed by atoms with van der Waals surface area (Å²) in [6.07, 6.45) is 4.64. The van der Waals surface area contributed by atoms with Gasteiger partial charge in [0.2, 0.25) is 0 Å². The van der Waals surface area contributed by atoms with E-state index in [2.05, 4.69) is 15.9 Å². The molecule has 19 heavy (non-hydrogen) atoms. The third kappa shape index (κ3) is 2.64. The van der Waals surface area contributed by atoms with Gasteiger partial charge in [-0.05, 0) is 46.5 Å². The smallest absolute Gasteiger partial charge is 0.314 e. The maximum Gasteiger partial charge on any atom is 0.314 e. The fraction of sp³-hybridized carbons (Fsp3) is 0.533. The van der Waals surface area contributed by atoms with E-state index < -0.39 is 11.4 Å². The first-order valence-electron chi connectivity index (χ1n) is 6.68. The maximum absolute atomic E-state index is 11.8. The summed E-state index contributed by atoms with van der Waals surface area (Å²) in [6.45, 7) is 0. The first-order chi connectivity index (χ1) is 8.97. The second-order valence-electron chi connectivity index (χ2n) is 5.51. The number of hydrogen-bond acceptors (Lipinski definition) is 2. The highest BCUT2D eigenvalue weighted by molar-refractivity contribution is 9.10. The van der Waals surface area contributed by atoms with E-state index in [-0.39, 0.29) is 0 Å². The number of benzene rings is 1. The van der Waals surface area contributed by atoms with E-state index in [0.29, 0.717) is 0 Å². The van der Waals surface area contributed by atoms with Crippen LogP contribution in [0.2, 0.25) is 0 Å². The highest BCUT2D eigenvalue weighted by Crippen LogP contribution is 2.41. The predicted octanol–water partition coefficient (Wildman–Crippen LogP) is 3.80. The van der Waals surface area contributed by atoms with Gasteiger partial charge in [0.05, 0.1) is 11.1 Å². The molecule has 104 valence electrons. The quantitative estimate of drug-likeness (QED) is 0.918. The fourth-order valence-corrected chi connectivity index (χ4v) is 3.68. The van der Waals surface area contributed by atoms with Crippen LogP contribution in [0.25, 0.3) is 0 Å². The minimum absolute atomic E-state index is 0.684. The summed E-state index contributed by atoms with van der Waals surface area (Å²) < 4.78 is 0.959. The summed E-state index contributed by atoms with van der Waals surface area (Å²) in [7, 11) is 3.96. The van der Waals surface area contributed by atoms with Crippen molar-refractivity contribution in [3.63, 3.8) is 0 Å². The van der Waals surface area contributed by atoms with Crippen LogP contribution in [0.3, 0.4) is 0 Å². The molecule has 1 fully saturated rings. The lowest BCUT2D eigenvalue weighted by molar-refractivity contribution is -0.145. The van der Waals surface area contributed by atoms with Crippen LogP contribution in [0.4, 0.5) is 5.69 Å². The average Bonchev–Trinajstić information content (AvgIpc) is 2.38. The van der Waals surface area contributed by atoms with Gasteiger partial charge in [-0.25, -0.2) is 0 Å². The monoisotopic (exact) mass is 325 g/mol. The lowest BCUT2D eigenvalue weighted by atomic mass is 9.69. The van der Waals surface area contributed by atoms with Crippen molar-refractivity contribution in [2.75, 3.05) is 19.0 Å². The van der Waals surface area contributed by atoms with Crippen LogP contribution in [-0.4, -0.2) is 25.2 Å². The molecule has 1 saturated carbocycles. The SMILES string of the molecule is CN(C)c1ccc(C2(C(=O)O)CCCCC2)cc1Br. The summed E-state index contributed by atoms with van der Waals surface area (Å²) in [5, 5.41) is 9.69. The molecule has 3 nitrogen and oxygen atoms in total. The van der Waals surface area contributed by atoms with Gasteiger partial charge in [0, 0.05) is 18.6 Å². The third-order valence-electron chi connectivity index (χ3n) is 4.10. The van der Waals surface area contributed by atoms with Crippen LogP contribution in [0.1, 0.15) is 37.7 Å². The summed E-state index contributed by atoms with van der Waals surface area (Å²) in [4.78, 5) is 13.8. The molecule has 0 saturated heterocycles. The molecule has 0 bridgehead atoms. The zero-order valence-electron chi connectivity index (χ0n) is 11.4. The second kappa shape index (κ2) is 5.53. The van der Waals surface area contributed by atoms with Gasteiger partial charge in [0.1, 0.15) is 0 Å². The summed E-state index contributed by atoms with van der Waals surface area (Å²) >= 11 is 3.55. The number of carboxylic acids is 1. The Bertz CT molecular complexity index is 479. The Hall–Kier alpha value is -1.03. The molecule has 1 aliphatic rings. The van der Waals surface area contributed by atoms with Crippen LogP contribution in [0.5, 0.6) is 0 Å². The Morgan fingerprint density at radius 3 is 2.37 bits per heavy atom. The predicted molar refractivity (Wildman–Crippen MR) is 80.9 cm³/mol. The van der Waals surface area contributed by atoms with Gasteiger partial charge >= 0.3 is 5.97 Å². The second-order valence-corrected chi connectivity index (χ2v) is 6.36. The van der Waals surface area contributed by atoms with E-state index >= 15 is 0 Å². The zero-order chi connectivity index (χ0) is 14.0. The molecule has 0 amide bonds. The van der Waals surface area contributed by atoms with Crippen LogP contribution >= 0.6 is 15.9 Å². The van der Waals surface area contributed by atoms with E-state index in [1.165, 1.54) is 0 Å². The number of rotatable bonds is 3. The normalized spacial score (nSPS) is 18.1. The largest absolute Gasteiger partial charge is 0.481 e. The van der Waals surface area contributed by atoms with E-state index in [0.717, 1.165) is 47.8 Å². The van der Waals surface area contributed by atoms with Crippen molar-refractivity contribution >= 4 is 27.6 Å². The summed E-state index contributed by atoms with van der Waals surface area (Å²) in [5.41, 5.74) is 1.31. The number of hydrogen-bond donors (Lipinski definition) is 1. The molecule has 1 aromatic rings. The van der Waals surface area contributed by atoms with Crippen molar-refractivity contribution in [3.8, 4) is 0 Å². The van der Waals surface area contributed by atoms with Crippen molar-refractivity contribution in [1.82, 2.24) is 0 Å². The van der Waals surface area contributed by atoms with Crippen molar-refractivity contribution in [2.45, 2.75) is 37.5 Å². The Morgan fingerprint density at radius 1 is 1.26 bits per heavy atom. The molecule has 1 aliphatic carbocycles. The summed E-state index contributed by atoms with van der Waals surface area (Å²) in [5.74, 6) is -0.684.